The third-order valence-electron chi connectivity index (χ3n) is 9.92. The minimum atomic E-state index is -4.33. The fraction of sp³-hybridized carbons (Fsp3) is 0.886. The van der Waals surface area contributed by atoms with Crippen LogP contribution in [-0.2, 0) is 18.4 Å². The van der Waals surface area contributed by atoms with Crippen LogP contribution in [0.2, 0.25) is 0 Å². The van der Waals surface area contributed by atoms with Crippen LogP contribution >= 0.6 is 7.82 Å². The highest BCUT2D eigenvalue weighted by molar-refractivity contribution is 7.47. The summed E-state index contributed by atoms with van der Waals surface area (Å²) in [7, 11) is 1.57. The third kappa shape index (κ3) is 39.0. The van der Waals surface area contributed by atoms with E-state index in [2.05, 4.69) is 31.3 Å². The molecule has 3 unspecified atom stereocenters. The summed E-state index contributed by atoms with van der Waals surface area (Å²) in [6.45, 7) is 4.77. The van der Waals surface area contributed by atoms with Gasteiger partial charge < -0.3 is 19.8 Å². The number of carbonyl (C=O) groups excluding carboxylic acids is 1. The van der Waals surface area contributed by atoms with Crippen molar-refractivity contribution < 1.29 is 32.9 Å². The average molecular weight is 772 g/mol. The molecule has 0 heterocycles. The molecular formula is C44H88N2O6P+. The van der Waals surface area contributed by atoms with Gasteiger partial charge in [0.2, 0.25) is 5.91 Å². The molecule has 0 bridgehead atoms. The summed E-state index contributed by atoms with van der Waals surface area (Å²) in [5.41, 5.74) is 0. The number of quaternary nitrogens is 1. The number of likely N-dealkylation sites (N-methyl/N-ethyl adjacent to an activating group) is 1. The van der Waals surface area contributed by atoms with Crippen molar-refractivity contribution in [3.8, 4) is 0 Å². The van der Waals surface area contributed by atoms with E-state index in [9.17, 15) is 19.4 Å². The van der Waals surface area contributed by atoms with E-state index < -0.39 is 20.0 Å². The van der Waals surface area contributed by atoms with E-state index >= 15 is 0 Å². The van der Waals surface area contributed by atoms with E-state index in [1.807, 2.05) is 27.2 Å². The number of phosphoric ester groups is 1. The first-order valence-corrected chi connectivity index (χ1v) is 23.7. The van der Waals surface area contributed by atoms with Crippen LogP contribution in [0, 0.1) is 0 Å². The minimum Gasteiger partial charge on any atom is -0.387 e. The first kappa shape index (κ1) is 52.0. The Morgan fingerprint density at radius 1 is 0.623 bits per heavy atom. The Morgan fingerprint density at radius 2 is 1.02 bits per heavy atom. The highest BCUT2D eigenvalue weighted by Crippen LogP contribution is 2.43. The summed E-state index contributed by atoms with van der Waals surface area (Å²) in [5, 5.41) is 13.7. The number of carbonyl (C=O) groups is 1. The molecule has 0 fully saturated rings. The van der Waals surface area contributed by atoms with E-state index in [1.165, 1.54) is 141 Å². The molecular weight excluding hydrogens is 683 g/mol. The molecule has 0 rings (SSSR count). The van der Waals surface area contributed by atoms with Crippen LogP contribution in [0.1, 0.15) is 200 Å². The molecule has 0 saturated carbocycles. The van der Waals surface area contributed by atoms with Crippen LogP contribution in [0.25, 0.3) is 0 Å². The Hall–Kier alpha value is -1.02. The van der Waals surface area contributed by atoms with Gasteiger partial charge in [0, 0.05) is 6.42 Å². The number of aliphatic hydroxyl groups is 1. The summed E-state index contributed by atoms with van der Waals surface area (Å²) >= 11 is 0. The number of nitrogens with zero attached hydrogens (tertiary/aromatic N) is 1. The lowest BCUT2D eigenvalue weighted by Crippen LogP contribution is -2.45. The van der Waals surface area contributed by atoms with Gasteiger partial charge in [0.1, 0.15) is 13.2 Å². The molecule has 0 aliphatic heterocycles. The van der Waals surface area contributed by atoms with Gasteiger partial charge in [-0.05, 0) is 44.9 Å². The maximum Gasteiger partial charge on any atom is 0.472 e. The smallest absolute Gasteiger partial charge is 0.387 e. The van der Waals surface area contributed by atoms with Crippen molar-refractivity contribution in [2.24, 2.45) is 0 Å². The highest BCUT2D eigenvalue weighted by atomic mass is 31.2. The van der Waals surface area contributed by atoms with E-state index in [-0.39, 0.29) is 19.1 Å². The first-order valence-electron chi connectivity index (χ1n) is 22.2. The van der Waals surface area contributed by atoms with Crippen LogP contribution in [0.4, 0.5) is 0 Å². The largest absolute Gasteiger partial charge is 0.472 e. The van der Waals surface area contributed by atoms with Crippen LogP contribution in [0.5, 0.6) is 0 Å². The average Bonchev–Trinajstić information content (AvgIpc) is 3.10. The summed E-state index contributed by atoms with van der Waals surface area (Å²) in [5.74, 6) is -0.181. The molecule has 0 aromatic carbocycles. The van der Waals surface area contributed by atoms with Crippen molar-refractivity contribution >= 4 is 13.7 Å². The normalized spacial score (nSPS) is 14.6. The van der Waals surface area contributed by atoms with E-state index in [1.54, 1.807) is 6.08 Å². The van der Waals surface area contributed by atoms with Gasteiger partial charge in [-0.3, -0.25) is 13.8 Å². The molecule has 1 amide bonds. The molecule has 0 radical (unpaired) electrons. The molecule has 0 saturated heterocycles. The molecule has 0 aliphatic carbocycles. The van der Waals surface area contributed by atoms with Crippen molar-refractivity contribution in [1.82, 2.24) is 5.32 Å². The maximum atomic E-state index is 12.8. The number of nitrogens with one attached hydrogen (secondary N) is 1. The molecule has 314 valence electrons. The van der Waals surface area contributed by atoms with Gasteiger partial charge in [-0.15, -0.1) is 0 Å². The number of hydrogen-bond donors (Lipinski definition) is 3. The van der Waals surface area contributed by atoms with Crippen LogP contribution in [-0.4, -0.2) is 73.4 Å². The molecule has 0 aromatic heterocycles. The highest BCUT2D eigenvalue weighted by Gasteiger charge is 2.27. The second-order valence-electron chi connectivity index (χ2n) is 16.4. The SMILES string of the molecule is CCCCCCCC/C=C/C(O)C(COP(=O)(O)OCC[N+](C)(C)C)NC(=O)CCCCCCCCCCCCC/C=C\CCCCCCCCCC. The Bertz CT molecular complexity index is 922. The topological polar surface area (TPSA) is 105 Å². The van der Waals surface area contributed by atoms with E-state index in [0.717, 1.165) is 38.5 Å². The fourth-order valence-corrected chi connectivity index (χ4v) is 7.07. The van der Waals surface area contributed by atoms with Gasteiger partial charge in [-0.1, -0.05) is 173 Å². The molecule has 3 N–H and O–H groups in total. The molecule has 0 aliphatic rings. The lowest BCUT2D eigenvalue weighted by atomic mass is 10.0. The summed E-state index contributed by atoms with van der Waals surface area (Å²) in [6, 6.07) is -0.841. The van der Waals surface area contributed by atoms with Crippen molar-refractivity contribution in [2.75, 3.05) is 40.9 Å². The first-order chi connectivity index (χ1) is 25.5. The number of allylic oxidation sites excluding steroid dienone is 3. The molecule has 9 heteroatoms. The van der Waals surface area contributed by atoms with Gasteiger partial charge in [0.15, 0.2) is 0 Å². The monoisotopic (exact) mass is 772 g/mol. The summed E-state index contributed by atoms with van der Waals surface area (Å²) in [6.07, 6.45) is 42.6. The fourth-order valence-electron chi connectivity index (χ4n) is 6.33. The van der Waals surface area contributed by atoms with Crippen molar-refractivity contribution in [3.05, 3.63) is 24.3 Å². The molecule has 3 atom stereocenters. The third-order valence-corrected chi connectivity index (χ3v) is 10.9. The van der Waals surface area contributed by atoms with Gasteiger partial charge in [-0.25, -0.2) is 4.57 Å². The maximum absolute atomic E-state index is 12.8. The Kier molecular flexibility index (Phi) is 35.9. The standard InChI is InChI=1S/C44H87N2O6P/c1-6-8-10-12-14-16-17-18-19-20-21-22-23-24-25-26-27-28-29-30-32-34-36-38-44(48)45-42(41-52-53(49,50)51-40-39-46(3,4)5)43(47)37-35-33-31-15-13-11-9-7-2/h20-21,35,37,42-43,47H,6-19,22-34,36,38-41H2,1-5H3,(H-,45,48,49,50)/p+1/b21-20-,37-35+. The summed E-state index contributed by atoms with van der Waals surface area (Å²) in [4.78, 5) is 23.0. The number of hydrogen-bond acceptors (Lipinski definition) is 5. The van der Waals surface area contributed by atoms with Crippen molar-refractivity contribution in [3.63, 3.8) is 0 Å². The zero-order valence-corrected chi connectivity index (χ0v) is 36.4. The van der Waals surface area contributed by atoms with Crippen molar-refractivity contribution in [2.45, 2.75) is 212 Å². The quantitative estimate of drug-likeness (QED) is 0.0248. The minimum absolute atomic E-state index is 0.0621. The van der Waals surface area contributed by atoms with Gasteiger partial charge in [0.05, 0.1) is 39.9 Å². The second kappa shape index (κ2) is 36.6. The lowest BCUT2D eigenvalue weighted by molar-refractivity contribution is -0.870. The van der Waals surface area contributed by atoms with Gasteiger partial charge in [-0.2, -0.15) is 0 Å². The Labute approximate surface area is 328 Å². The molecule has 8 nitrogen and oxygen atoms in total. The number of aliphatic hydroxyl groups excluding tert-OH is 1. The van der Waals surface area contributed by atoms with Gasteiger partial charge in [0.25, 0.3) is 0 Å². The van der Waals surface area contributed by atoms with Crippen LogP contribution in [0.15, 0.2) is 24.3 Å². The van der Waals surface area contributed by atoms with E-state index in [4.69, 9.17) is 9.05 Å². The zero-order valence-electron chi connectivity index (χ0n) is 35.5. The van der Waals surface area contributed by atoms with Crippen LogP contribution in [0.3, 0.4) is 0 Å². The Morgan fingerprint density at radius 3 is 1.45 bits per heavy atom. The van der Waals surface area contributed by atoms with E-state index in [0.29, 0.717) is 17.4 Å². The van der Waals surface area contributed by atoms with Gasteiger partial charge >= 0.3 is 7.82 Å². The molecule has 53 heavy (non-hydrogen) atoms. The number of unbranched alkanes of at least 4 members (excludes halogenated alkanes) is 25. The summed E-state index contributed by atoms with van der Waals surface area (Å²) < 4.78 is 23.4. The molecule has 0 spiro atoms. The predicted molar refractivity (Wildman–Crippen MR) is 226 cm³/mol. The zero-order chi connectivity index (χ0) is 39.3. The van der Waals surface area contributed by atoms with Crippen molar-refractivity contribution in [1.29, 1.82) is 0 Å². The number of phosphoric acid groups is 1. The number of amides is 1. The predicted octanol–water partition coefficient (Wildman–Crippen LogP) is 12.1. The lowest BCUT2D eigenvalue weighted by Gasteiger charge is -2.25. The van der Waals surface area contributed by atoms with Crippen LogP contribution < -0.4 is 5.32 Å². The molecule has 0 aromatic rings. The second-order valence-corrected chi connectivity index (χ2v) is 17.9. The number of rotatable bonds is 40. The Balaban J connectivity index is 4.16.